The lowest BCUT2D eigenvalue weighted by Crippen LogP contribution is -2.67. The molecule has 1 unspecified atom stereocenters. The lowest BCUT2D eigenvalue weighted by molar-refractivity contribution is -0.340. The molecule has 2 saturated heterocycles. The van der Waals surface area contributed by atoms with Crippen molar-refractivity contribution in [2.45, 2.75) is 61.3 Å². The van der Waals surface area contributed by atoms with Gasteiger partial charge in [0.05, 0.1) is 6.61 Å². The van der Waals surface area contributed by atoms with Crippen molar-refractivity contribution in [1.29, 1.82) is 0 Å². The van der Waals surface area contributed by atoms with Crippen LogP contribution in [0.25, 0.3) is 0 Å². The maximum atomic E-state index is 11.1. The Bertz CT molecular complexity index is 659. The number of aliphatic hydroxyl groups excluding tert-OH is 6. The van der Waals surface area contributed by atoms with E-state index in [0.29, 0.717) is 0 Å². The van der Waals surface area contributed by atoms with E-state index in [0.717, 1.165) is 0 Å². The van der Waals surface area contributed by atoms with Crippen LogP contribution in [0, 0.1) is 0 Å². The fraction of sp³-hybridized carbons (Fsp3) is 0.917. The van der Waals surface area contributed by atoms with Gasteiger partial charge in [0.2, 0.25) is 0 Å². The first kappa shape index (κ1) is 23.3. The molecule has 2 fully saturated rings. The summed E-state index contributed by atoms with van der Waals surface area (Å²) in [6, 6.07) is -1.88. The minimum absolute atomic E-state index is 0.881. The molecule has 16 heteroatoms. The van der Waals surface area contributed by atoms with Crippen molar-refractivity contribution in [1.82, 2.24) is 4.72 Å². The molecule has 0 bridgehead atoms. The van der Waals surface area contributed by atoms with Crippen molar-refractivity contribution in [3.63, 3.8) is 0 Å². The quantitative estimate of drug-likeness (QED) is 0.176. The fourth-order valence-corrected chi connectivity index (χ4v) is 3.47. The summed E-state index contributed by atoms with van der Waals surface area (Å²) in [6.07, 6.45) is -17.3. The van der Waals surface area contributed by atoms with E-state index >= 15 is 0 Å². The molecule has 0 amide bonds. The highest BCUT2D eigenvalue weighted by Crippen LogP contribution is 2.29. The summed E-state index contributed by atoms with van der Waals surface area (Å²) < 4.78 is 47.2. The Balaban J connectivity index is 2.23. The first-order valence-electron chi connectivity index (χ1n) is 7.82. The molecule has 2 rings (SSSR count). The van der Waals surface area contributed by atoms with E-state index in [1.54, 1.807) is 0 Å². The number of carboxylic acids is 1. The van der Waals surface area contributed by atoms with Gasteiger partial charge in [-0.25, -0.2) is 4.79 Å². The molecule has 0 radical (unpaired) electrons. The van der Waals surface area contributed by atoms with E-state index in [4.69, 9.17) is 23.9 Å². The van der Waals surface area contributed by atoms with E-state index < -0.39 is 84.2 Å². The third-order valence-electron chi connectivity index (χ3n) is 4.26. The first-order valence-corrected chi connectivity index (χ1v) is 9.26. The van der Waals surface area contributed by atoms with E-state index in [1.807, 2.05) is 0 Å². The summed E-state index contributed by atoms with van der Waals surface area (Å²) in [4.78, 5) is 11.1. The van der Waals surface area contributed by atoms with Gasteiger partial charge in [-0.2, -0.15) is 13.1 Å². The van der Waals surface area contributed by atoms with Crippen molar-refractivity contribution < 1.29 is 67.7 Å². The second-order valence-corrected chi connectivity index (χ2v) is 7.38. The molecule has 0 aliphatic carbocycles. The molecule has 0 saturated carbocycles. The van der Waals surface area contributed by atoms with Crippen LogP contribution >= 0.6 is 0 Å². The second-order valence-electron chi connectivity index (χ2n) is 6.19. The predicted octanol–water partition coefficient (Wildman–Crippen LogP) is -5.90. The molecule has 0 aromatic heterocycles. The minimum Gasteiger partial charge on any atom is -0.479 e. The monoisotopic (exact) mass is 435 g/mol. The Morgan fingerprint density at radius 2 is 1.61 bits per heavy atom. The number of ether oxygens (including phenoxy) is 3. The van der Waals surface area contributed by atoms with Gasteiger partial charge in [0, 0.05) is 0 Å². The van der Waals surface area contributed by atoms with Crippen molar-refractivity contribution >= 4 is 16.3 Å². The average Bonchev–Trinajstić information content (AvgIpc) is 2.59. The third-order valence-corrected chi connectivity index (χ3v) is 4.83. The molecule has 2 aliphatic rings. The van der Waals surface area contributed by atoms with E-state index in [1.165, 1.54) is 4.72 Å². The summed E-state index contributed by atoms with van der Waals surface area (Å²) in [6.45, 7) is -0.881. The lowest BCUT2D eigenvalue weighted by Gasteiger charge is -2.45. The van der Waals surface area contributed by atoms with Crippen molar-refractivity contribution in [3.05, 3.63) is 0 Å². The number of carbonyl (C=O) groups is 1. The van der Waals surface area contributed by atoms with Crippen LogP contribution in [-0.2, 0) is 29.3 Å². The van der Waals surface area contributed by atoms with Crippen molar-refractivity contribution in [3.8, 4) is 0 Å². The number of aliphatic hydroxyl groups is 6. The molecular formula is C12H21NO14S. The SMILES string of the molecule is O=C(O)[C@H]1O[C@@H](O[C@H]2[C@H](O)[C@@H](NS(=O)(=O)O)C(O)O[C@@H]2CO)[C@H](O)[C@@H](O)[C@@H]1O. The maximum absolute atomic E-state index is 11.1. The van der Waals surface area contributed by atoms with Gasteiger partial charge >= 0.3 is 16.3 Å². The van der Waals surface area contributed by atoms with E-state index in [-0.39, 0.29) is 0 Å². The summed E-state index contributed by atoms with van der Waals surface area (Å²) in [5.74, 6) is -1.70. The number of hydrogen-bond acceptors (Lipinski definition) is 12. The second kappa shape index (κ2) is 8.78. The Kier molecular flexibility index (Phi) is 7.29. The molecule has 2 aliphatic heterocycles. The highest BCUT2D eigenvalue weighted by Gasteiger charge is 2.52. The number of rotatable bonds is 6. The van der Waals surface area contributed by atoms with Gasteiger partial charge in [0.1, 0.15) is 42.7 Å². The van der Waals surface area contributed by atoms with Gasteiger partial charge in [-0.15, -0.1) is 0 Å². The largest absolute Gasteiger partial charge is 0.479 e. The van der Waals surface area contributed by atoms with Gasteiger partial charge in [-0.1, -0.05) is 0 Å². The lowest BCUT2D eigenvalue weighted by atomic mass is 9.96. The fourth-order valence-electron chi connectivity index (χ4n) is 2.87. The normalized spacial score (nSPS) is 45.0. The maximum Gasteiger partial charge on any atom is 0.335 e. The van der Waals surface area contributed by atoms with Gasteiger partial charge in [0.25, 0.3) is 0 Å². The van der Waals surface area contributed by atoms with E-state index in [2.05, 4.69) is 0 Å². The zero-order chi connectivity index (χ0) is 21.4. The van der Waals surface area contributed by atoms with Crippen LogP contribution in [-0.4, -0.2) is 123 Å². The molecule has 2 heterocycles. The molecular weight excluding hydrogens is 414 g/mol. The van der Waals surface area contributed by atoms with Crippen LogP contribution in [0.1, 0.15) is 0 Å². The molecule has 28 heavy (non-hydrogen) atoms. The summed E-state index contributed by atoms with van der Waals surface area (Å²) in [5.41, 5.74) is 0. The van der Waals surface area contributed by atoms with Crippen LogP contribution in [0.5, 0.6) is 0 Å². The standard InChI is InChI=1S/C12H21NO14S/c14-1-2-8(4(15)3(11(21)25-2)13-28(22,23)24)26-12-7(18)5(16)6(17)9(27-12)10(19)20/h2-9,11-18,21H,1H2,(H,19,20)(H,22,23,24)/t2-,3-,4-,5+,6+,7-,8-,9+,11?,12-/m1/s1. The number of carboxylic acid groups (broad SMARTS) is 1. The zero-order valence-corrected chi connectivity index (χ0v) is 14.7. The number of hydrogen-bond donors (Lipinski definition) is 9. The Hall–Kier alpha value is -1.02. The molecule has 0 spiro atoms. The van der Waals surface area contributed by atoms with Crippen LogP contribution in [0.2, 0.25) is 0 Å². The average molecular weight is 435 g/mol. The Labute approximate surface area is 157 Å². The molecule has 0 aromatic carbocycles. The van der Waals surface area contributed by atoms with Gasteiger partial charge < -0.3 is 50.0 Å². The number of nitrogens with one attached hydrogen (secondary N) is 1. The van der Waals surface area contributed by atoms with Gasteiger partial charge in [-0.3, -0.25) is 4.55 Å². The van der Waals surface area contributed by atoms with Crippen LogP contribution in [0.4, 0.5) is 0 Å². The van der Waals surface area contributed by atoms with Crippen molar-refractivity contribution in [2.24, 2.45) is 0 Å². The zero-order valence-electron chi connectivity index (χ0n) is 13.9. The Morgan fingerprint density at radius 1 is 1.00 bits per heavy atom. The Morgan fingerprint density at radius 3 is 2.11 bits per heavy atom. The smallest absolute Gasteiger partial charge is 0.335 e. The third kappa shape index (κ3) is 4.93. The van der Waals surface area contributed by atoms with E-state index in [9.17, 15) is 43.9 Å². The van der Waals surface area contributed by atoms with Crippen LogP contribution in [0.3, 0.4) is 0 Å². The van der Waals surface area contributed by atoms with Crippen LogP contribution < -0.4 is 4.72 Å². The van der Waals surface area contributed by atoms with Gasteiger partial charge in [0.15, 0.2) is 18.7 Å². The van der Waals surface area contributed by atoms with Crippen molar-refractivity contribution in [2.75, 3.05) is 6.61 Å². The molecule has 9 N–H and O–H groups in total. The first-order chi connectivity index (χ1) is 12.9. The summed E-state index contributed by atoms with van der Waals surface area (Å²) in [5, 5.41) is 67.7. The minimum atomic E-state index is -4.92. The molecule has 164 valence electrons. The predicted molar refractivity (Wildman–Crippen MR) is 81.6 cm³/mol. The summed E-state index contributed by atoms with van der Waals surface area (Å²) >= 11 is 0. The molecule has 15 nitrogen and oxygen atoms in total. The van der Waals surface area contributed by atoms with Crippen LogP contribution in [0.15, 0.2) is 0 Å². The highest BCUT2D eigenvalue weighted by atomic mass is 32.2. The van der Waals surface area contributed by atoms with Gasteiger partial charge in [-0.05, 0) is 0 Å². The molecule has 0 aromatic rings. The highest BCUT2D eigenvalue weighted by molar-refractivity contribution is 7.83. The molecule has 10 atom stereocenters. The topological polar surface area (TPSA) is 253 Å². The summed E-state index contributed by atoms with van der Waals surface area (Å²) in [7, 11) is -4.92. The number of aliphatic carboxylic acids is 1.